The van der Waals surface area contributed by atoms with Gasteiger partial charge in [-0.1, -0.05) is 53.8 Å². The molecule has 2 rings (SSSR count). The van der Waals surface area contributed by atoms with Crippen LogP contribution in [0.25, 0.3) is 0 Å². The smallest absolute Gasteiger partial charge is 0.304 e. The highest BCUT2D eigenvalue weighted by Crippen LogP contribution is 2.39. The summed E-state index contributed by atoms with van der Waals surface area (Å²) in [4.78, 5) is 11.2. The van der Waals surface area contributed by atoms with Crippen LogP contribution in [-0.2, 0) is 9.53 Å². The van der Waals surface area contributed by atoms with Crippen molar-refractivity contribution >= 4 is 5.97 Å². The van der Waals surface area contributed by atoms with Crippen molar-refractivity contribution in [3.63, 3.8) is 0 Å². The van der Waals surface area contributed by atoms with Gasteiger partial charge < -0.3 is 4.74 Å². The van der Waals surface area contributed by atoms with Crippen molar-refractivity contribution in [2.24, 2.45) is 11.8 Å². The topological polar surface area (TPSA) is 26.3 Å². The predicted octanol–water partition coefficient (Wildman–Crippen LogP) is 3.90. The van der Waals surface area contributed by atoms with E-state index >= 15 is 0 Å². The van der Waals surface area contributed by atoms with Crippen molar-refractivity contribution in [2.45, 2.75) is 33.3 Å². The first-order valence-corrected chi connectivity index (χ1v) is 6.94. The van der Waals surface area contributed by atoms with Crippen LogP contribution in [0, 0.1) is 23.7 Å². The molecule has 0 bridgehead atoms. The second-order valence-electron chi connectivity index (χ2n) is 5.44. The molecule has 1 aromatic carbocycles. The van der Waals surface area contributed by atoms with Crippen LogP contribution in [0.5, 0.6) is 0 Å². The first-order chi connectivity index (χ1) is 9.56. The second kappa shape index (κ2) is 6.43. The molecule has 0 N–H and O–H groups in total. The molecule has 20 heavy (non-hydrogen) atoms. The van der Waals surface area contributed by atoms with Gasteiger partial charge in [0.25, 0.3) is 0 Å². The number of hydrogen-bond donors (Lipinski definition) is 0. The van der Waals surface area contributed by atoms with E-state index in [4.69, 9.17) is 4.74 Å². The maximum Gasteiger partial charge on any atom is 0.304 e. The summed E-state index contributed by atoms with van der Waals surface area (Å²) in [6.07, 6.45) is 2.92. The van der Waals surface area contributed by atoms with Crippen LogP contribution in [0.15, 0.2) is 42.0 Å². The lowest BCUT2D eigenvalue weighted by atomic mass is 10.1. The number of allylic oxidation sites excluding steroid dienone is 2. The molecule has 0 aliphatic heterocycles. The Bertz CT molecular complexity index is 556. The lowest BCUT2D eigenvalue weighted by molar-refractivity contribution is -0.144. The lowest BCUT2D eigenvalue weighted by Crippen LogP contribution is -2.06. The van der Waals surface area contributed by atoms with Gasteiger partial charge in [0.1, 0.15) is 0 Å². The third-order valence-corrected chi connectivity index (χ3v) is 3.17. The van der Waals surface area contributed by atoms with Gasteiger partial charge in [-0.15, -0.1) is 0 Å². The fourth-order valence-electron chi connectivity index (χ4n) is 2.15. The largest absolute Gasteiger partial charge is 0.444 e. The van der Waals surface area contributed by atoms with E-state index in [1.54, 1.807) is 0 Å². The van der Waals surface area contributed by atoms with E-state index in [9.17, 15) is 4.79 Å². The highest BCUT2D eigenvalue weighted by atomic mass is 16.5. The normalized spacial score (nSPS) is 21.1. The van der Waals surface area contributed by atoms with E-state index in [0.29, 0.717) is 11.8 Å². The molecule has 0 radical (unpaired) electrons. The summed E-state index contributed by atoms with van der Waals surface area (Å²) in [5.74, 6) is 7.03. The minimum atomic E-state index is -0.457. The summed E-state index contributed by atoms with van der Waals surface area (Å²) in [6, 6.07) is 9.66. The van der Waals surface area contributed by atoms with Crippen LogP contribution >= 0.6 is 0 Å². The molecule has 3 atom stereocenters. The molecule has 1 saturated carbocycles. The number of rotatable bonds is 3. The zero-order valence-corrected chi connectivity index (χ0v) is 12.2. The van der Waals surface area contributed by atoms with E-state index in [-0.39, 0.29) is 5.97 Å². The van der Waals surface area contributed by atoms with Crippen LogP contribution in [-0.4, -0.2) is 5.97 Å². The average molecular weight is 268 g/mol. The van der Waals surface area contributed by atoms with Crippen LogP contribution in [0.3, 0.4) is 0 Å². The van der Waals surface area contributed by atoms with Gasteiger partial charge in [-0.25, -0.2) is 0 Å². The molecule has 2 heteroatoms. The van der Waals surface area contributed by atoms with Gasteiger partial charge in [0, 0.05) is 18.4 Å². The van der Waals surface area contributed by atoms with E-state index in [2.05, 4.69) is 31.8 Å². The predicted molar refractivity (Wildman–Crippen MR) is 79.8 cm³/mol. The molecule has 0 aromatic heterocycles. The Morgan fingerprint density at radius 2 is 2.00 bits per heavy atom. The molecule has 1 aliphatic rings. The average Bonchev–Trinajstić information content (AvgIpc) is 3.12. The third-order valence-electron chi connectivity index (χ3n) is 3.17. The SMILES string of the molecule is CC(=O)OC(C#C[C@@H]1C[C@H]1C=C(C)C)c1ccccc1. The fourth-order valence-corrected chi connectivity index (χ4v) is 2.15. The Morgan fingerprint density at radius 3 is 2.60 bits per heavy atom. The third kappa shape index (κ3) is 4.28. The molecule has 104 valence electrons. The molecule has 0 amide bonds. The molecule has 1 fully saturated rings. The summed E-state index contributed by atoms with van der Waals surface area (Å²) < 4.78 is 5.30. The summed E-state index contributed by atoms with van der Waals surface area (Å²) in [7, 11) is 0. The van der Waals surface area contributed by atoms with Crippen molar-refractivity contribution in [3.8, 4) is 11.8 Å². The van der Waals surface area contributed by atoms with Gasteiger partial charge in [-0.05, 0) is 26.2 Å². The number of carbonyl (C=O) groups is 1. The van der Waals surface area contributed by atoms with E-state index in [1.807, 2.05) is 30.3 Å². The van der Waals surface area contributed by atoms with Crippen molar-refractivity contribution in [1.29, 1.82) is 0 Å². The van der Waals surface area contributed by atoms with Crippen LogP contribution in [0.2, 0.25) is 0 Å². The van der Waals surface area contributed by atoms with Crippen molar-refractivity contribution in [3.05, 3.63) is 47.5 Å². The first-order valence-electron chi connectivity index (χ1n) is 6.94. The highest BCUT2D eigenvalue weighted by Gasteiger charge is 2.33. The van der Waals surface area contributed by atoms with E-state index in [0.717, 1.165) is 12.0 Å². The quantitative estimate of drug-likeness (QED) is 0.472. The van der Waals surface area contributed by atoms with Crippen LogP contribution in [0.1, 0.15) is 38.9 Å². The molecule has 0 spiro atoms. The number of ether oxygens (including phenoxy) is 1. The molecule has 1 unspecified atom stereocenters. The molecule has 2 nitrogen and oxygen atoms in total. The molecule has 0 saturated heterocycles. The highest BCUT2D eigenvalue weighted by molar-refractivity contribution is 5.66. The second-order valence-corrected chi connectivity index (χ2v) is 5.44. The van der Waals surface area contributed by atoms with Crippen LogP contribution < -0.4 is 0 Å². The first kappa shape index (κ1) is 14.4. The van der Waals surface area contributed by atoms with Gasteiger partial charge in [-0.3, -0.25) is 4.79 Å². The van der Waals surface area contributed by atoms with Crippen molar-refractivity contribution < 1.29 is 9.53 Å². The van der Waals surface area contributed by atoms with Gasteiger partial charge >= 0.3 is 5.97 Å². The van der Waals surface area contributed by atoms with Crippen LogP contribution in [0.4, 0.5) is 0 Å². The molecule has 1 aromatic rings. The zero-order chi connectivity index (χ0) is 14.5. The Kier molecular flexibility index (Phi) is 4.63. The monoisotopic (exact) mass is 268 g/mol. The van der Waals surface area contributed by atoms with Crippen molar-refractivity contribution in [1.82, 2.24) is 0 Å². The fraction of sp³-hybridized carbons (Fsp3) is 0.389. The van der Waals surface area contributed by atoms with E-state index < -0.39 is 6.10 Å². The molecule has 0 heterocycles. The summed E-state index contributed by atoms with van der Waals surface area (Å²) in [6.45, 7) is 5.63. The van der Waals surface area contributed by atoms with Gasteiger partial charge in [-0.2, -0.15) is 0 Å². The number of esters is 1. The Labute approximate surface area is 120 Å². The standard InChI is InChI=1S/C18H20O2/c1-13(2)11-17-12-16(17)9-10-18(20-14(3)19)15-7-5-4-6-8-15/h4-8,11,16-18H,12H2,1-3H3/t16-,17-,18?/m1/s1. The number of hydrogen-bond acceptors (Lipinski definition) is 2. The minimum absolute atomic E-state index is 0.301. The minimum Gasteiger partial charge on any atom is -0.444 e. The van der Waals surface area contributed by atoms with Gasteiger partial charge in [0.15, 0.2) is 6.10 Å². The Morgan fingerprint density at radius 1 is 1.30 bits per heavy atom. The maximum absolute atomic E-state index is 11.2. The number of benzene rings is 1. The molecular weight excluding hydrogens is 248 g/mol. The van der Waals surface area contributed by atoms with Gasteiger partial charge in [0.05, 0.1) is 0 Å². The Balaban J connectivity index is 2.07. The molecule has 1 aliphatic carbocycles. The Hall–Kier alpha value is -2.01. The zero-order valence-electron chi connectivity index (χ0n) is 12.2. The summed E-state index contributed by atoms with van der Waals surface area (Å²) in [5, 5.41) is 0. The van der Waals surface area contributed by atoms with Crippen molar-refractivity contribution in [2.75, 3.05) is 0 Å². The maximum atomic E-state index is 11.2. The van der Waals surface area contributed by atoms with Gasteiger partial charge in [0.2, 0.25) is 0 Å². The molecular formula is C18H20O2. The number of carbonyl (C=O) groups excluding carboxylic acids is 1. The lowest BCUT2D eigenvalue weighted by Gasteiger charge is -2.10. The summed E-state index contributed by atoms with van der Waals surface area (Å²) in [5.41, 5.74) is 2.26. The van der Waals surface area contributed by atoms with E-state index in [1.165, 1.54) is 12.5 Å². The summed E-state index contributed by atoms with van der Waals surface area (Å²) >= 11 is 0.